The molecular formula is C25H35Cl2N7O2S. The van der Waals surface area contributed by atoms with Crippen molar-refractivity contribution < 1.29 is 8.42 Å². The molecule has 0 aliphatic carbocycles. The molecule has 0 spiro atoms. The minimum Gasteiger partial charge on any atom is -0.355 e. The van der Waals surface area contributed by atoms with Crippen LogP contribution in [0.5, 0.6) is 0 Å². The van der Waals surface area contributed by atoms with Crippen LogP contribution in [0.25, 0.3) is 11.2 Å². The number of sulfonamides is 1. The van der Waals surface area contributed by atoms with E-state index in [4.69, 9.17) is 38.4 Å². The van der Waals surface area contributed by atoms with E-state index in [1.54, 1.807) is 6.07 Å². The Labute approximate surface area is 229 Å². The number of aromatic nitrogens is 4. The topological polar surface area (TPSA) is 110 Å². The second-order valence-corrected chi connectivity index (χ2v) is 12.5. The highest BCUT2D eigenvalue weighted by molar-refractivity contribution is 7.89. The second-order valence-electron chi connectivity index (χ2n) is 9.89. The van der Waals surface area contributed by atoms with E-state index in [0.717, 1.165) is 73.7 Å². The van der Waals surface area contributed by atoms with E-state index in [-0.39, 0.29) is 11.8 Å². The number of unbranched alkanes of at least 4 members (excludes halogenated alkanes) is 1. The summed E-state index contributed by atoms with van der Waals surface area (Å²) in [7, 11) is -3.45. The lowest BCUT2D eigenvalue weighted by Crippen LogP contribution is -2.48. The number of hydrogen-bond donors (Lipinski definition) is 1. The number of aryl methyl sites for hydroxylation is 1. The molecule has 0 amide bonds. The number of halogens is 2. The van der Waals surface area contributed by atoms with Gasteiger partial charge in [0.15, 0.2) is 5.65 Å². The molecule has 0 bridgehead atoms. The van der Waals surface area contributed by atoms with Crippen molar-refractivity contribution in [2.45, 2.75) is 46.1 Å². The molecule has 37 heavy (non-hydrogen) atoms. The molecule has 202 valence electrons. The van der Waals surface area contributed by atoms with E-state index in [9.17, 15) is 8.42 Å². The van der Waals surface area contributed by atoms with E-state index >= 15 is 0 Å². The van der Waals surface area contributed by atoms with Crippen molar-refractivity contribution in [1.29, 1.82) is 0 Å². The standard InChI is InChI=1S/C25H35Cl2N7O2S/c1-4-5-9-32(11-12-37(28,35)36)10-8-19-15-33(16-19)23-14-29-24-17(2)31-34(25(24)30-23)18(3)21-7-6-20(26)13-22(21)27/h6-7,13-14,18-19H,4-5,8-12,15-16H2,1-3H3,(H2,28,35,36)/t18-/m1/s1. The van der Waals surface area contributed by atoms with Gasteiger partial charge in [0.2, 0.25) is 10.0 Å². The third kappa shape index (κ3) is 6.92. The van der Waals surface area contributed by atoms with Gasteiger partial charge in [-0.25, -0.2) is 28.2 Å². The highest BCUT2D eigenvalue weighted by Crippen LogP contribution is 2.32. The molecule has 1 fully saturated rings. The Kier molecular flexibility index (Phi) is 8.96. The Morgan fingerprint density at radius 3 is 2.65 bits per heavy atom. The molecule has 1 atom stereocenters. The Balaban J connectivity index is 1.42. The van der Waals surface area contributed by atoms with Crippen LogP contribution in [0, 0.1) is 12.8 Å². The molecule has 3 heterocycles. The number of nitrogens with zero attached hydrogens (tertiary/aromatic N) is 6. The average molecular weight is 569 g/mol. The molecule has 0 radical (unpaired) electrons. The normalized spacial score (nSPS) is 15.5. The molecule has 0 unspecified atom stereocenters. The highest BCUT2D eigenvalue weighted by atomic mass is 35.5. The summed E-state index contributed by atoms with van der Waals surface area (Å²) in [5.41, 5.74) is 3.24. The zero-order valence-corrected chi connectivity index (χ0v) is 23.9. The van der Waals surface area contributed by atoms with Crippen molar-refractivity contribution in [3.8, 4) is 0 Å². The van der Waals surface area contributed by atoms with Crippen molar-refractivity contribution >= 4 is 50.2 Å². The van der Waals surface area contributed by atoms with Gasteiger partial charge in [0.1, 0.15) is 11.3 Å². The summed E-state index contributed by atoms with van der Waals surface area (Å²) in [6.07, 6.45) is 4.94. The van der Waals surface area contributed by atoms with Crippen LogP contribution in [-0.4, -0.2) is 71.5 Å². The van der Waals surface area contributed by atoms with Gasteiger partial charge in [0.25, 0.3) is 0 Å². The first-order chi connectivity index (χ1) is 17.6. The lowest BCUT2D eigenvalue weighted by molar-refractivity contribution is 0.245. The third-order valence-corrected chi connectivity index (χ3v) is 8.31. The van der Waals surface area contributed by atoms with E-state index in [2.05, 4.69) is 21.7 Å². The SMILES string of the molecule is CCCCN(CCC1CN(c2cnc3c(C)nn([C@H](C)c4ccc(Cl)cc4Cl)c3n2)C1)CCS(N)(=O)=O. The molecule has 1 saturated heterocycles. The quantitative estimate of drug-likeness (QED) is 0.348. The first kappa shape index (κ1) is 28.0. The van der Waals surface area contributed by atoms with Crippen molar-refractivity contribution in [1.82, 2.24) is 24.6 Å². The summed E-state index contributed by atoms with van der Waals surface area (Å²) in [4.78, 5) is 14.1. The van der Waals surface area contributed by atoms with Crippen LogP contribution in [0.4, 0.5) is 5.82 Å². The summed E-state index contributed by atoms with van der Waals surface area (Å²) in [6, 6.07) is 5.35. The van der Waals surface area contributed by atoms with Crippen molar-refractivity contribution in [3.05, 3.63) is 45.7 Å². The molecule has 0 saturated carbocycles. The maximum Gasteiger partial charge on any atom is 0.210 e. The van der Waals surface area contributed by atoms with Crippen LogP contribution >= 0.6 is 23.2 Å². The minimum atomic E-state index is -3.45. The van der Waals surface area contributed by atoms with Crippen LogP contribution in [0.1, 0.15) is 50.4 Å². The fraction of sp³-hybridized carbons (Fsp3) is 0.560. The fourth-order valence-corrected chi connectivity index (χ4v) is 5.79. The summed E-state index contributed by atoms with van der Waals surface area (Å²) >= 11 is 12.6. The monoisotopic (exact) mass is 567 g/mol. The lowest BCUT2D eigenvalue weighted by atomic mass is 9.96. The molecule has 1 aromatic carbocycles. The second kappa shape index (κ2) is 11.8. The van der Waals surface area contributed by atoms with Crippen LogP contribution in [-0.2, 0) is 10.0 Å². The lowest BCUT2D eigenvalue weighted by Gasteiger charge is -2.41. The fourth-order valence-electron chi connectivity index (χ4n) is 4.71. The Bertz CT molecular complexity index is 1340. The molecule has 9 nitrogen and oxygen atoms in total. The maximum absolute atomic E-state index is 11.4. The molecule has 2 aromatic heterocycles. The Morgan fingerprint density at radius 2 is 1.97 bits per heavy atom. The minimum absolute atomic E-state index is 0.00410. The zero-order chi connectivity index (χ0) is 26.7. The van der Waals surface area contributed by atoms with E-state index < -0.39 is 10.0 Å². The number of nitrogens with two attached hydrogens (primary N) is 1. The smallest absolute Gasteiger partial charge is 0.210 e. The van der Waals surface area contributed by atoms with Crippen LogP contribution < -0.4 is 10.0 Å². The molecule has 1 aliphatic rings. The molecule has 3 aromatic rings. The Morgan fingerprint density at radius 1 is 1.22 bits per heavy atom. The van der Waals surface area contributed by atoms with Gasteiger partial charge in [0.05, 0.1) is 23.7 Å². The van der Waals surface area contributed by atoms with Gasteiger partial charge in [-0.3, -0.25) is 0 Å². The molecule has 4 rings (SSSR count). The number of fused-ring (bicyclic) bond motifs is 1. The van der Waals surface area contributed by atoms with E-state index in [0.29, 0.717) is 22.5 Å². The van der Waals surface area contributed by atoms with Crippen LogP contribution in [0.15, 0.2) is 24.4 Å². The number of benzene rings is 1. The summed E-state index contributed by atoms with van der Waals surface area (Å²) in [6.45, 7) is 10.1. The third-order valence-electron chi connectivity index (χ3n) is 6.99. The van der Waals surface area contributed by atoms with Gasteiger partial charge in [-0.1, -0.05) is 42.6 Å². The Hall–Kier alpha value is -1.98. The van der Waals surface area contributed by atoms with Crippen molar-refractivity contribution in [2.75, 3.05) is 43.4 Å². The summed E-state index contributed by atoms with van der Waals surface area (Å²) < 4.78 is 24.7. The molecule has 1 aliphatic heterocycles. The van der Waals surface area contributed by atoms with Gasteiger partial charge in [-0.2, -0.15) is 5.10 Å². The maximum atomic E-state index is 11.4. The zero-order valence-electron chi connectivity index (χ0n) is 21.6. The molecular weight excluding hydrogens is 533 g/mol. The van der Waals surface area contributed by atoms with Crippen LogP contribution in [0.2, 0.25) is 10.0 Å². The van der Waals surface area contributed by atoms with Crippen LogP contribution in [0.3, 0.4) is 0 Å². The summed E-state index contributed by atoms with van der Waals surface area (Å²) in [5, 5.41) is 11.1. The van der Waals surface area contributed by atoms with Gasteiger partial charge < -0.3 is 9.80 Å². The number of primary sulfonamides is 1. The first-order valence-electron chi connectivity index (χ1n) is 12.7. The largest absolute Gasteiger partial charge is 0.355 e. The van der Waals surface area contributed by atoms with Crippen molar-refractivity contribution in [3.63, 3.8) is 0 Å². The number of hydrogen-bond acceptors (Lipinski definition) is 7. The van der Waals surface area contributed by atoms with Gasteiger partial charge in [-0.05, 0) is 63.4 Å². The summed E-state index contributed by atoms with van der Waals surface area (Å²) in [5.74, 6) is 1.35. The van der Waals surface area contributed by atoms with Gasteiger partial charge in [-0.15, -0.1) is 0 Å². The molecule has 2 N–H and O–H groups in total. The van der Waals surface area contributed by atoms with E-state index in [1.807, 2.05) is 36.9 Å². The molecule has 12 heteroatoms. The van der Waals surface area contributed by atoms with Gasteiger partial charge >= 0.3 is 0 Å². The predicted molar refractivity (Wildman–Crippen MR) is 150 cm³/mol. The average Bonchev–Trinajstić information content (AvgIpc) is 3.14. The number of anilines is 1. The van der Waals surface area contributed by atoms with E-state index in [1.165, 1.54) is 0 Å². The number of rotatable bonds is 12. The van der Waals surface area contributed by atoms with Gasteiger partial charge in [0, 0.05) is 29.7 Å². The predicted octanol–water partition coefficient (Wildman–Crippen LogP) is 4.27. The highest BCUT2D eigenvalue weighted by Gasteiger charge is 2.29. The first-order valence-corrected chi connectivity index (χ1v) is 15.2. The van der Waals surface area contributed by atoms with Crippen molar-refractivity contribution in [2.24, 2.45) is 11.1 Å².